The molecule has 0 saturated carbocycles. The average molecular weight is 324 g/mol. The zero-order chi connectivity index (χ0) is 14.7. The first kappa shape index (κ1) is 14.6. The second kappa shape index (κ2) is 6.60. The Balaban J connectivity index is 1.85. The zero-order valence-electron chi connectivity index (χ0n) is 11.4. The average Bonchev–Trinajstić information content (AvgIpc) is 2.79. The van der Waals surface area contributed by atoms with Gasteiger partial charge in [-0.25, -0.2) is 0 Å². The van der Waals surface area contributed by atoms with Crippen molar-refractivity contribution >= 4 is 29.0 Å². The highest BCUT2D eigenvalue weighted by atomic mass is 35.5. The second-order valence-corrected chi connectivity index (χ2v) is 5.62. The van der Waals surface area contributed by atoms with Crippen molar-refractivity contribution in [3.63, 3.8) is 0 Å². The van der Waals surface area contributed by atoms with Crippen LogP contribution in [0.1, 0.15) is 6.42 Å². The molecule has 4 nitrogen and oxygen atoms in total. The summed E-state index contributed by atoms with van der Waals surface area (Å²) in [5, 5.41) is 9.61. The minimum Gasteiger partial charge on any atom is -0.380 e. The standard InChI is InChI=1S/C15H15Cl2N3O/c16-12-4-1-3-11(15(12)17)13-5-6-14(19-18-13)20-7-2-9-21-10-8-20/h1,3-6H,2,7-10H2. The SMILES string of the molecule is Clc1cccc(-c2ccc(N3CCCOCC3)nn2)c1Cl. The summed E-state index contributed by atoms with van der Waals surface area (Å²) in [5.41, 5.74) is 1.51. The third kappa shape index (κ3) is 3.28. The summed E-state index contributed by atoms with van der Waals surface area (Å²) in [6.45, 7) is 3.31. The predicted octanol–water partition coefficient (Wildman–Crippen LogP) is 3.68. The van der Waals surface area contributed by atoms with Gasteiger partial charge in [0.05, 0.1) is 22.3 Å². The Bertz CT molecular complexity index is 611. The van der Waals surface area contributed by atoms with Crippen LogP contribution in [-0.2, 0) is 4.74 Å². The number of benzene rings is 1. The molecule has 2 heterocycles. The van der Waals surface area contributed by atoms with Gasteiger partial charge in [-0.2, -0.15) is 0 Å². The third-order valence-corrected chi connectivity index (χ3v) is 4.24. The highest BCUT2D eigenvalue weighted by Gasteiger charge is 2.13. The molecule has 1 fully saturated rings. The molecule has 1 saturated heterocycles. The van der Waals surface area contributed by atoms with Gasteiger partial charge in [0.1, 0.15) is 0 Å². The molecule has 0 radical (unpaired) electrons. The van der Waals surface area contributed by atoms with Crippen molar-refractivity contribution in [2.75, 3.05) is 31.2 Å². The Hall–Kier alpha value is -1.36. The number of rotatable bonds is 2. The van der Waals surface area contributed by atoms with Gasteiger partial charge >= 0.3 is 0 Å². The van der Waals surface area contributed by atoms with Crippen molar-refractivity contribution in [1.82, 2.24) is 10.2 Å². The second-order valence-electron chi connectivity index (χ2n) is 4.83. The van der Waals surface area contributed by atoms with Gasteiger partial charge in [-0.1, -0.05) is 35.3 Å². The van der Waals surface area contributed by atoms with Gasteiger partial charge in [0.15, 0.2) is 5.82 Å². The van der Waals surface area contributed by atoms with Crippen LogP contribution < -0.4 is 4.90 Å². The number of aromatic nitrogens is 2. The topological polar surface area (TPSA) is 38.2 Å². The number of nitrogens with zero attached hydrogens (tertiary/aromatic N) is 3. The summed E-state index contributed by atoms with van der Waals surface area (Å²) in [4.78, 5) is 2.18. The molecular weight excluding hydrogens is 309 g/mol. The Morgan fingerprint density at radius 3 is 2.71 bits per heavy atom. The molecule has 0 bridgehead atoms. The van der Waals surface area contributed by atoms with Crippen molar-refractivity contribution in [2.45, 2.75) is 6.42 Å². The van der Waals surface area contributed by atoms with Gasteiger partial charge in [0, 0.05) is 25.3 Å². The minimum atomic E-state index is 0.504. The molecule has 0 N–H and O–H groups in total. The van der Waals surface area contributed by atoms with Crippen LogP contribution in [0.15, 0.2) is 30.3 Å². The van der Waals surface area contributed by atoms with Crippen molar-refractivity contribution in [2.24, 2.45) is 0 Å². The normalized spacial score (nSPS) is 15.8. The number of ether oxygens (including phenoxy) is 1. The molecule has 0 atom stereocenters. The first-order chi connectivity index (χ1) is 10.3. The third-order valence-electron chi connectivity index (χ3n) is 3.42. The maximum atomic E-state index is 6.21. The van der Waals surface area contributed by atoms with E-state index in [0.29, 0.717) is 10.0 Å². The molecule has 0 aliphatic carbocycles. The van der Waals surface area contributed by atoms with Crippen LogP contribution in [0.3, 0.4) is 0 Å². The molecule has 110 valence electrons. The van der Waals surface area contributed by atoms with Crippen LogP contribution >= 0.6 is 23.2 Å². The van der Waals surface area contributed by atoms with E-state index in [1.807, 2.05) is 24.3 Å². The number of hydrogen-bond donors (Lipinski definition) is 0. The van der Waals surface area contributed by atoms with Crippen molar-refractivity contribution < 1.29 is 4.74 Å². The predicted molar refractivity (Wildman–Crippen MR) is 85.1 cm³/mol. The lowest BCUT2D eigenvalue weighted by atomic mass is 10.1. The number of halogens is 2. The fourth-order valence-corrected chi connectivity index (χ4v) is 2.71. The van der Waals surface area contributed by atoms with Gasteiger partial charge in [-0.05, 0) is 24.6 Å². The fourth-order valence-electron chi connectivity index (χ4n) is 2.31. The van der Waals surface area contributed by atoms with Crippen LogP contribution in [0.25, 0.3) is 11.3 Å². The van der Waals surface area contributed by atoms with Gasteiger partial charge in [-0.3, -0.25) is 0 Å². The van der Waals surface area contributed by atoms with Crippen molar-refractivity contribution in [3.05, 3.63) is 40.4 Å². The lowest BCUT2D eigenvalue weighted by molar-refractivity contribution is 0.152. The fraction of sp³-hybridized carbons (Fsp3) is 0.333. The molecule has 3 rings (SSSR count). The first-order valence-electron chi connectivity index (χ1n) is 6.86. The summed E-state index contributed by atoms with van der Waals surface area (Å²) in [7, 11) is 0. The Morgan fingerprint density at radius 1 is 1.00 bits per heavy atom. The maximum Gasteiger partial charge on any atom is 0.151 e. The van der Waals surface area contributed by atoms with E-state index < -0.39 is 0 Å². The molecular formula is C15H15Cl2N3O. The Labute approximate surface area is 133 Å². The van der Waals surface area contributed by atoms with Gasteiger partial charge in [-0.15, -0.1) is 10.2 Å². The molecule has 0 spiro atoms. The highest BCUT2D eigenvalue weighted by molar-refractivity contribution is 6.43. The molecule has 21 heavy (non-hydrogen) atoms. The van der Waals surface area contributed by atoms with Crippen LogP contribution in [0.4, 0.5) is 5.82 Å². The highest BCUT2D eigenvalue weighted by Crippen LogP contribution is 2.32. The van der Waals surface area contributed by atoms with E-state index in [4.69, 9.17) is 27.9 Å². The number of anilines is 1. The molecule has 0 unspecified atom stereocenters. The molecule has 6 heteroatoms. The van der Waals surface area contributed by atoms with E-state index in [-0.39, 0.29) is 0 Å². The van der Waals surface area contributed by atoms with E-state index in [0.717, 1.165) is 49.8 Å². The summed E-state index contributed by atoms with van der Waals surface area (Å²) >= 11 is 12.2. The lowest BCUT2D eigenvalue weighted by Crippen LogP contribution is -2.26. The summed E-state index contributed by atoms with van der Waals surface area (Å²) < 4.78 is 5.45. The molecule has 2 aromatic rings. The summed E-state index contributed by atoms with van der Waals surface area (Å²) in [6.07, 6.45) is 1.00. The first-order valence-corrected chi connectivity index (χ1v) is 7.62. The van der Waals surface area contributed by atoms with Gasteiger partial charge in [0.2, 0.25) is 0 Å². The van der Waals surface area contributed by atoms with E-state index in [9.17, 15) is 0 Å². The Kier molecular flexibility index (Phi) is 4.58. The van der Waals surface area contributed by atoms with Gasteiger partial charge in [0.25, 0.3) is 0 Å². The minimum absolute atomic E-state index is 0.504. The quantitative estimate of drug-likeness (QED) is 0.845. The van der Waals surface area contributed by atoms with Gasteiger partial charge < -0.3 is 9.64 Å². The molecule has 1 aromatic carbocycles. The largest absolute Gasteiger partial charge is 0.380 e. The maximum absolute atomic E-state index is 6.21. The Morgan fingerprint density at radius 2 is 1.90 bits per heavy atom. The smallest absolute Gasteiger partial charge is 0.151 e. The zero-order valence-corrected chi connectivity index (χ0v) is 12.9. The summed E-state index contributed by atoms with van der Waals surface area (Å²) in [5.74, 6) is 0.863. The molecule has 1 aliphatic rings. The van der Waals surface area contributed by atoms with E-state index in [1.54, 1.807) is 6.07 Å². The van der Waals surface area contributed by atoms with Crippen LogP contribution in [0, 0.1) is 0 Å². The van der Waals surface area contributed by atoms with Crippen LogP contribution in [-0.4, -0.2) is 36.5 Å². The monoisotopic (exact) mass is 323 g/mol. The molecule has 1 aliphatic heterocycles. The molecule has 1 aromatic heterocycles. The van der Waals surface area contributed by atoms with E-state index >= 15 is 0 Å². The van der Waals surface area contributed by atoms with Crippen molar-refractivity contribution in [1.29, 1.82) is 0 Å². The summed E-state index contributed by atoms with van der Waals surface area (Å²) in [6, 6.07) is 9.38. The van der Waals surface area contributed by atoms with E-state index in [2.05, 4.69) is 15.1 Å². The lowest BCUT2D eigenvalue weighted by Gasteiger charge is -2.20. The van der Waals surface area contributed by atoms with Crippen LogP contribution in [0.2, 0.25) is 10.0 Å². The van der Waals surface area contributed by atoms with Crippen molar-refractivity contribution in [3.8, 4) is 11.3 Å². The van der Waals surface area contributed by atoms with E-state index in [1.165, 1.54) is 0 Å². The molecule has 0 amide bonds. The van der Waals surface area contributed by atoms with Crippen LogP contribution in [0.5, 0.6) is 0 Å². The number of hydrogen-bond acceptors (Lipinski definition) is 4.